The molecule has 0 spiro atoms. The summed E-state index contributed by atoms with van der Waals surface area (Å²) in [6.45, 7) is 5.22. The van der Waals surface area contributed by atoms with Crippen LogP contribution in [-0.4, -0.2) is 95.4 Å². The average molecular weight is 448 g/mol. The molecule has 2 aliphatic rings. The van der Waals surface area contributed by atoms with Crippen LogP contribution in [0.15, 0.2) is 23.2 Å². The number of likely N-dealkylation sites (tertiary alicyclic amines) is 1. The van der Waals surface area contributed by atoms with Crippen LogP contribution in [0.5, 0.6) is 11.5 Å². The molecule has 1 aromatic carbocycles. The first kappa shape index (κ1) is 24.1. The Kier molecular flexibility index (Phi) is 8.99. The third-order valence-electron chi connectivity index (χ3n) is 5.88. The molecule has 0 saturated carbocycles. The van der Waals surface area contributed by atoms with E-state index in [1.807, 2.05) is 18.2 Å². The molecule has 2 unspecified atom stereocenters. The van der Waals surface area contributed by atoms with Gasteiger partial charge in [-0.2, -0.15) is 0 Å². The maximum absolute atomic E-state index is 12.0. The van der Waals surface area contributed by atoms with Gasteiger partial charge in [0.1, 0.15) is 18.0 Å². The summed E-state index contributed by atoms with van der Waals surface area (Å²) in [5, 5.41) is 6.95. The monoisotopic (exact) mass is 447 g/mol. The fourth-order valence-corrected chi connectivity index (χ4v) is 3.93. The molecule has 2 aliphatic heterocycles. The van der Waals surface area contributed by atoms with Crippen molar-refractivity contribution in [2.24, 2.45) is 10.9 Å². The molecule has 0 bridgehead atoms. The zero-order valence-electron chi connectivity index (χ0n) is 19.7. The van der Waals surface area contributed by atoms with Crippen LogP contribution >= 0.6 is 0 Å². The number of guanidine groups is 1. The smallest absolute Gasteiger partial charge is 0.243 e. The Hall–Kier alpha value is -2.52. The van der Waals surface area contributed by atoms with Crippen LogP contribution in [0.25, 0.3) is 0 Å². The van der Waals surface area contributed by atoms with Gasteiger partial charge in [-0.05, 0) is 30.5 Å². The van der Waals surface area contributed by atoms with E-state index in [0.29, 0.717) is 11.9 Å². The molecule has 178 valence electrons. The summed E-state index contributed by atoms with van der Waals surface area (Å²) in [5.74, 6) is 2.76. The number of hydrogen-bond donors (Lipinski definition) is 2. The lowest BCUT2D eigenvalue weighted by Crippen LogP contribution is -2.46. The minimum Gasteiger partial charge on any atom is -0.497 e. The standard InChI is InChI=1S/C23H37N5O4/c1-27(2)22(29)13-25-23(24-12-17-6-8-32-16-17)26-19-5-7-28(15-19)14-18-9-20(30-3)11-21(10-18)31-4/h9-11,17,19H,5-8,12-16H2,1-4H3,(H2,24,25,26). The van der Waals surface area contributed by atoms with Crippen molar-refractivity contribution in [3.8, 4) is 11.5 Å². The van der Waals surface area contributed by atoms with Gasteiger partial charge in [-0.1, -0.05) is 0 Å². The van der Waals surface area contributed by atoms with Crippen LogP contribution in [0.4, 0.5) is 0 Å². The number of carbonyl (C=O) groups excluding carboxylic acids is 1. The Morgan fingerprint density at radius 1 is 1.22 bits per heavy atom. The molecule has 0 aliphatic carbocycles. The molecule has 0 radical (unpaired) electrons. The van der Waals surface area contributed by atoms with Crippen molar-refractivity contribution in [1.82, 2.24) is 20.4 Å². The number of hydrogen-bond acceptors (Lipinski definition) is 6. The van der Waals surface area contributed by atoms with E-state index in [1.165, 1.54) is 0 Å². The highest BCUT2D eigenvalue weighted by Crippen LogP contribution is 2.24. The summed E-state index contributed by atoms with van der Waals surface area (Å²) in [7, 11) is 6.83. The Bertz CT molecular complexity index is 757. The van der Waals surface area contributed by atoms with Crippen molar-refractivity contribution in [2.45, 2.75) is 25.4 Å². The normalized spacial score (nSPS) is 21.4. The van der Waals surface area contributed by atoms with Gasteiger partial charge in [-0.3, -0.25) is 9.69 Å². The van der Waals surface area contributed by atoms with E-state index in [0.717, 1.165) is 69.3 Å². The number of methoxy groups -OCH3 is 2. The number of likely N-dealkylation sites (N-methyl/N-ethyl adjacent to an activating group) is 1. The summed E-state index contributed by atoms with van der Waals surface area (Å²) in [5.41, 5.74) is 1.16. The number of rotatable bonds is 9. The minimum absolute atomic E-state index is 0.0182. The molecule has 9 heteroatoms. The van der Waals surface area contributed by atoms with Crippen LogP contribution in [0.2, 0.25) is 0 Å². The summed E-state index contributed by atoms with van der Waals surface area (Å²) in [6.07, 6.45) is 2.06. The van der Waals surface area contributed by atoms with Crippen LogP contribution in [0.3, 0.4) is 0 Å². The quantitative estimate of drug-likeness (QED) is 0.430. The molecule has 1 amide bonds. The predicted molar refractivity (Wildman–Crippen MR) is 124 cm³/mol. The van der Waals surface area contributed by atoms with Gasteiger partial charge in [-0.25, -0.2) is 4.99 Å². The van der Waals surface area contributed by atoms with Crippen molar-refractivity contribution >= 4 is 11.9 Å². The first-order valence-electron chi connectivity index (χ1n) is 11.2. The van der Waals surface area contributed by atoms with Gasteiger partial charge in [0, 0.05) is 64.9 Å². The minimum atomic E-state index is -0.0182. The fourth-order valence-electron chi connectivity index (χ4n) is 3.93. The topological polar surface area (TPSA) is 87.7 Å². The van der Waals surface area contributed by atoms with Crippen LogP contribution in [0, 0.1) is 5.92 Å². The lowest BCUT2D eigenvalue weighted by atomic mass is 10.1. The average Bonchev–Trinajstić information content (AvgIpc) is 3.47. The lowest BCUT2D eigenvalue weighted by Gasteiger charge is -2.21. The molecular weight excluding hydrogens is 410 g/mol. The molecule has 2 heterocycles. The third-order valence-corrected chi connectivity index (χ3v) is 5.88. The highest BCUT2D eigenvalue weighted by molar-refractivity contribution is 5.85. The van der Waals surface area contributed by atoms with Crippen LogP contribution < -0.4 is 20.1 Å². The predicted octanol–water partition coefficient (Wildman–Crippen LogP) is 0.938. The lowest BCUT2D eigenvalue weighted by molar-refractivity contribution is -0.127. The van der Waals surface area contributed by atoms with Crippen molar-refractivity contribution in [1.29, 1.82) is 0 Å². The highest BCUT2D eigenvalue weighted by Gasteiger charge is 2.24. The Morgan fingerprint density at radius 2 is 1.97 bits per heavy atom. The van der Waals surface area contributed by atoms with Crippen LogP contribution in [0.1, 0.15) is 18.4 Å². The maximum atomic E-state index is 12.0. The second kappa shape index (κ2) is 11.9. The molecule has 9 nitrogen and oxygen atoms in total. The Balaban J connectivity index is 1.56. The van der Waals surface area contributed by atoms with Crippen molar-refractivity contribution in [2.75, 3.05) is 67.7 Å². The van der Waals surface area contributed by atoms with Crippen molar-refractivity contribution in [3.63, 3.8) is 0 Å². The number of amides is 1. The summed E-state index contributed by atoms with van der Waals surface area (Å²) >= 11 is 0. The number of carbonyl (C=O) groups is 1. The largest absolute Gasteiger partial charge is 0.497 e. The zero-order chi connectivity index (χ0) is 22.9. The Morgan fingerprint density at radius 3 is 2.59 bits per heavy atom. The van der Waals surface area contributed by atoms with Crippen LogP contribution in [-0.2, 0) is 16.1 Å². The second-order valence-electron chi connectivity index (χ2n) is 8.65. The van der Waals surface area contributed by atoms with Gasteiger partial charge in [0.15, 0.2) is 5.96 Å². The Labute approximate surface area is 191 Å². The van der Waals surface area contributed by atoms with E-state index in [9.17, 15) is 4.79 Å². The SMILES string of the molecule is COc1cc(CN2CCC(NC(=NCC(=O)N(C)C)NCC3CCOC3)C2)cc(OC)c1. The molecule has 32 heavy (non-hydrogen) atoms. The fraction of sp³-hybridized carbons (Fsp3) is 0.652. The second-order valence-corrected chi connectivity index (χ2v) is 8.65. The van der Waals surface area contributed by atoms with Gasteiger partial charge in [-0.15, -0.1) is 0 Å². The molecule has 2 atom stereocenters. The van der Waals surface area contributed by atoms with Gasteiger partial charge < -0.3 is 29.7 Å². The molecule has 2 saturated heterocycles. The summed E-state index contributed by atoms with van der Waals surface area (Å²) in [6, 6.07) is 6.25. The van der Waals surface area contributed by atoms with Crippen molar-refractivity contribution < 1.29 is 19.0 Å². The van der Waals surface area contributed by atoms with Gasteiger partial charge in [0.2, 0.25) is 5.91 Å². The molecule has 0 aromatic heterocycles. The molecular formula is C23H37N5O4. The van der Waals surface area contributed by atoms with E-state index in [4.69, 9.17) is 14.2 Å². The van der Waals surface area contributed by atoms with Crippen molar-refractivity contribution in [3.05, 3.63) is 23.8 Å². The zero-order valence-corrected chi connectivity index (χ0v) is 19.7. The number of nitrogens with one attached hydrogen (secondary N) is 2. The molecule has 3 rings (SSSR count). The van der Waals surface area contributed by atoms with E-state index < -0.39 is 0 Å². The molecule has 1 aromatic rings. The first-order chi connectivity index (χ1) is 15.5. The molecule has 2 fully saturated rings. The first-order valence-corrected chi connectivity index (χ1v) is 11.2. The number of nitrogens with zero attached hydrogens (tertiary/aromatic N) is 3. The van der Waals surface area contributed by atoms with E-state index in [-0.39, 0.29) is 18.5 Å². The highest BCUT2D eigenvalue weighted by atomic mass is 16.5. The van der Waals surface area contributed by atoms with E-state index in [2.05, 4.69) is 20.5 Å². The van der Waals surface area contributed by atoms with E-state index in [1.54, 1.807) is 33.2 Å². The summed E-state index contributed by atoms with van der Waals surface area (Å²) < 4.78 is 16.3. The van der Waals surface area contributed by atoms with E-state index >= 15 is 0 Å². The number of aliphatic imine (C=N–C) groups is 1. The number of ether oxygens (including phenoxy) is 3. The third kappa shape index (κ3) is 7.27. The van der Waals surface area contributed by atoms with Gasteiger partial charge >= 0.3 is 0 Å². The van der Waals surface area contributed by atoms with Gasteiger partial charge in [0.05, 0.1) is 20.8 Å². The number of benzene rings is 1. The summed E-state index contributed by atoms with van der Waals surface area (Å²) in [4.78, 5) is 20.5. The maximum Gasteiger partial charge on any atom is 0.243 e. The molecule has 2 N–H and O–H groups in total. The van der Waals surface area contributed by atoms with Gasteiger partial charge in [0.25, 0.3) is 0 Å².